The van der Waals surface area contributed by atoms with E-state index in [9.17, 15) is 22.8 Å². The van der Waals surface area contributed by atoms with E-state index in [2.05, 4.69) is 5.32 Å². The zero-order valence-electron chi connectivity index (χ0n) is 16.3. The molecule has 1 atom stereocenters. The molecule has 1 aliphatic heterocycles. The van der Waals surface area contributed by atoms with Crippen LogP contribution in [-0.4, -0.2) is 41.1 Å². The molecule has 3 amide bonds. The van der Waals surface area contributed by atoms with Crippen LogP contribution in [0.3, 0.4) is 0 Å². The minimum absolute atomic E-state index is 0.105. The molecule has 2 aromatic rings. The van der Waals surface area contributed by atoms with Gasteiger partial charge in [-0.25, -0.2) is 23.0 Å². The summed E-state index contributed by atoms with van der Waals surface area (Å²) in [7, 11) is 0. The van der Waals surface area contributed by atoms with Crippen molar-refractivity contribution in [1.29, 1.82) is 0 Å². The van der Waals surface area contributed by atoms with Gasteiger partial charge in [-0.15, -0.1) is 0 Å². The maximum Gasteiger partial charge on any atom is 0.340 e. The van der Waals surface area contributed by atoms with Gasteiger partial charge in [0.1, 0.15) is 5.82 Å². The Morgan fingerprint density at radius 1 is 0.967 bits per heavy atom. The van der Waals surface area contributed by atoms with E-state index in [1.54, 1.807) is 24.3 Å². The summed E-state index contributed by atoms with van der Waals surface area (Å²) < 4.78 is 40.3. The Labute approximate surface area is 172 Å². The smallest absolute Gasteiger partial charge is 0.327 e. The third-order valence-electron chi connectivity index (χ3n) is 4.84. The van der Waals surface area contributed by atoms with Crippen LogP contribution in [0.15, 0.2) is 42.5 Å². The van der Waals surface area contributed by atoms with Gasteiger partial charge in [-0.1, -0.05) is 18.2 Å². The molecule has 1 fully saturated rings. The summed E-state index contributed by atoms with van der Waals surface area (Å²) in [4.78, 5) is 25.4. The average molecular weight is 420 g/mol. The van der Waals surface area contributed by atoms with E-state index in [0.29, 0.717) is 24.8 Å². The van der Waals surface area contributed by atoms with Crippen LogP contribution >= 0.6 is 0 Å². The number of nitrogens with zero attached hydrogens (tertiary/aromatic N) is 2. The highest BCUT2D eigenvalue weighted by Crippen LogP contribution is 2.18. The van der Waals surface area contributed by atoms with Crippen molar-refractivity contribution in [1.82, 2.24) is 10.0 Å². The Bertz CT molecular complexity index is 911. The first kappa shape index (κ1) is 21.6. The first-order valence-corrected chi connectivity index (χ1v) is 9.68. The normalized spacial score (nSPS) is 15.1. The van der Waals surface area contributed by atoms with E-state index >= 15 is 0 Å². The topological polar surface area (TPSA) is 78.7 Å². The highest BCUT2D eigenvalue weighted by atomic mass is 19.2. The standard InChI is InChI=1S/C21H23F3N4O2/c22-17-13-19(24)18(23)11-14(17)10-15(25)12-20(29)27-8-4-5-9-28(27)21(30)26-16-6-2-1-3-7-16/h1-3,6-7,11,13,15H,4-5,8-10,12,25H2,(H,26,30)/t15-/m1/s1. The Hall–Kier alpha value is -3.07. The second-order valence-corrected chi connectivity index (χ2v) is 7.17. The van der Waals surface area contributed by atoms with E-state index in [0.717, 1.165) is 18.9 Å². The number of carbonyl (C=O) groups excluding carboxylic acids is 2. The predicted molar refractivity (Wildman–Crippen MR) is 106 cm³/mol. The molecule has 30 heavy (non-hydrogen) atoms. The Kier molecular flexibility index (Phi) is 6.94. The summed E-state index contributed by atoms with van der Waals surface area (Å²) in [6.45, 7) is 0.727. The maximum atomic E-state index is 13.8. The van der Waals surface area contributed by atoms with Crippen molar-refractivity contribution in [3.63, 3.8) is 0 Å². The summed E-state index contributed by atoms with van der Waals surface area (Å²) in [5, 5.41) is 5.42. The Morgan fingerprint density at radius 2 is 1.60 bits per heavy atom. The van der Waals surface area contributed by atoms with Crippen LogP contribution in [0.1, 0.15) is 24.8 Å². The van der Waals surface area contributed by atoms with E-state index in [1.165, 1.54) is 10.0 Å². The van der Waals surface area contributed by atoms with Gasteiger partial charge in [-0.2, -0.15) is 0 Å². The van der Waals surface area contributed by atoms with Gasteiger partial charge in [0, 0.05) is 37.3 Å². The number of urea groups is 1. The number of hydrazine groups is 1. The molecule has 0 aliphatic carbocycles. The zero-order valence-corrected chi connectivity index (χ0v) is 16.3. The first-order valence-electron chi connectivity index (χ1n) is 9.68. The quantitative estimate of drug-likeness (QED) is 0.728. The predicted octanol–water partition coefficient (Wildman–Crippen LogP) is 3.44. The molecule has 9 heteroatoms. The van der Waals surface area contributed by atoms with Crippen LogP contribution in [0.5, 0.6) is 0 Å². The summed E-state index contributed by atoms with van der Waals surface area (Å²) in [5.74, 6) is -3.77. The van der Waals surface area contributed by atoms with Gasteiger partial charge in [0.05, 0.1) is 0 Å². The van der Waals surface area contributed by atoms with Crippen LogP contribution in [0, 0.1) is 17.5 Å². The third-order valence-corrected chi connectivity index (χ3v) is 4.84. The van der Waals surface area contributed by atoms with Gasteiger partial charge in [0.25, 0.3) is 0 Å². The van der Waals surface area contributed by atoms with Gasteiger partial charge in [-0.05, 0) is 43.0 Å². The van der Waals surface area contributed by atoms with Crippen molar-refractivity contribution in [2.75, 3.05) is 18.4 Å². The summed E-state index contributed by atoms with van der Waals surface area (Å²) >= 11 is 0. The lowest BCUT2D eigenvalue weighted by Crippen LogP contribution is -2.55. The van der Waals surface area contributed by atoms with Crippen molar-refractivity contribution in [3.8, 4) is 0 Å². The average Bonchev–Trinajstić information content (AvgIpc) is 2.72. The van der Waals surface area contributed by atoms with E-state index < -0.39 is 35.4 Å². The molecule has 0 saturated carbocycles. The Balaban J connectivity index is 1.63. The van der Waals surface area contributed by atoms with Crippen molar-refractivity contribution >= 4 is 17.6 Å². The highest BCUT2D eigenvalue weighted by Gasteiger charge is 2.29. The van der Waals surface area contributed by atoms with Crippen molar-refractivity contribution in [3.05, 3.63) is 65.5 Å². The van der Waals surface area contributed by atoms with Gasteiger partial charge >= 0.3 is 6.03 Å². The van der Waals surface area contributed by atoms with Crippen molar-refractivity contribution in [2.45, 2.75) is 31.7 Å². The maximum absolute atomic E-state index is 13.8. The molecule has 2 aromatic carbocycles. The van der Waals surface area contributed by atoms with Gasteiger partial charge in [-0.3, -0.25) is 9.80 Å². The number of rotatable bonds is 5. The lowest BCUT2D eigenvalue weighted by Gasteiger charge is -2.38. The molecule has 1 heterocycles. The minimum atomic E-state index is -1.28. The lowest BCUT2D eigenvalue weighted by atomic mass is 10.0. The number of hydrogen-bond donors (Lipinski definition) is 2. The summed E-state index contributed by atoms with van der Waals surface area (Å²) in [5.41, 5.74) is 6.46. The van der Waals surface area contributed by atoms with Crippen molar-refractivity contribution < 1.29 is 22.8 Å². The molecule has 1 saturated heterocycles. The highest BCUT2D eigenvalue weighted by molar-refractivity contribution is 5.91. The third kappa shape index (κ3) is 5.29. The van der Waals surface area contributed by atoms with Gasteiger partial charge < -0.3 is 11.1 Å². The lowest BCUT2D eigenvalue weighted by molar-refractivity contribution is -0.147. The molecule has 3 N–H and O–H groups in total. The molecule has 0 aromatic heterocycles. The Morgan fingerprint density at radius 3 is 2.30 bits per heavy atom. The number of benzene rings is 2. The van der Waals surface area contributed by atoms with E-state index in [4.69, 9.17) is 5.73 Å². The fourth-order valence-electron chi connectivity index (χ4n) is 3.35. The number of para-hydroxylation sites is 1. The van der Waals surface area contributed by atoms with Crippen LogP contribution in [0.25, 0.3) is 0 Å². The van der Waals surface area contributed by atoms with Crippen LogP contribution in [-0.2, 0) is 11.2 Å². The fraction of sp³-hybridized carbons (Fsp3) is 0.333. The van der Waals surface area contributed by atoms with E-state index in [1.807, 2.05) is 6.07 Å². The monoisotopic (exact) mass is 420 g/mol. The SMILES string of the molecule is N[C@@H](CC(=O)N1CCCCN1C(=O)Nc1ccccc1)Cc1cc(F)c(F)cc1F. The van der Waals surface area contributed by atoms with Crippen LogP contribution < -0.4 is 11.1 Å². The molecule has 3 rings (SSSR count). The van der Waals surface area contributed by atoms with Crippen LogP contribution in [0.4, 0.5) is 23.7 Å². The second kappa shape index (κ2) is 9.62. The number of hydrogen-bond acceptors (Lipinski definition) is 3. The molecule has 0 radical (unpaired) electrons. The number of halogens is 3. The molecule has 160 valence electrons. The number of amides is 3. The van der Waals surface area contributed by atoms with Crippen LogP contribution in [0.2, 0.25) is 0 Å². The molecular formula is C21H23F3N4O2. The van der Waals surface area contributed by atoms with Gasteiger partial charge in [0.2, 0.25) is 5.91 Å². The number of anilines is 1. The molecule has 0 bridgehead atoms. The minimum Gasteiger partial charge on any atom is -0.327 e. The number of carbonyl (C=O) groups is 2. The first-order chi connectivity index (χ1) is 14.3. The van der Waals surface area contributed by atoms with Crippen molar-refractivity contribution in [2.24, 2.45) is 5.73 Å². The fourth-order valence-corrected chi connectivity index (χ4v) is 3.35. The van der Waals surface area contributed by atoms with E-state index in [-0.39, 0.29) is 18.4 Å². The molecule has 1 aliphatic rings. The molecule has 0 spiro atoms. The van der Waals surface area contributed by atoms with Gasteiger partial charge in [0.15, 0.2) is 11.6 Å². The molecule has 0 unspecified atom stereocenters. The molecular weight excluding hydrogens is 397 g/mol. The molecule has 6 nitrogen and oxygen atoms in total. The number of nitrogens with two attached hydrogens (primary N) is 1. The second-order valence-electron chi connectivity index (χ2n) is 7.17. The number of nitrogens with one attached hydrogen (secondary N) is 1. The largest absolute Gasteiger partial charge is 0.340 e. The summed E-state index contributed by atoms with van der Waals surface area (Å²) in [6.07, 6.45) is 1.17. The zero-order chi connectivity index (χ0) is 21.7. The summed E-state index contributed by atoms with van der Waals surface area (Å²) in [6, 6.07) is 8.81.